The van der Waals surface area contributed by atoms with Gasteiger partial charge in [0.05, 0.1) is 25.9 Å². The first kappa shape index (κ1) is 25.0. The highest BCUT2D eigenvalue weighted by atomic mass is 16.6. The lowest BCUT2D eigenvalue weighted by Crippen LogP contribution is -2.47. The van der Waals surface area contributed by atoms with Crippen LogP contribution in [0, 0.1) is 11.8 Å². The Balaban J connectivity index is 2.56. The summed E-state index contributed by atoms with van der Waals surface area (Å²) in [6.07, 6.45) is 1.12. The molecule has 1 rings (SSSR count). The van der Waals surface area contributed by atoms with E-state index in [1.54, 1.807) is 21.0 Å². The molecular weight excluding hydrogens is 382 g/mol. The first-order valence-electron chi connectivity index (χ1n) is 9.96. The molecule has 2 atom stereocenters. The van der Waals surface area contributed by atoms with Gasteiger partial charge in [-0.1, -0.05) is 20.3 Å². The minimum Gasteiger partial charge on any atom is -0.447 e. The molecule has 1 saturated heterocycles. The van der Waals surface area contributed by atoms with E-state index in [-0.39, 0.29) is 31.3 Å². The highest BCUT2D eigenvalue weighted by molar-refractivity contribution is 6.37. The Kier molecular flexibility index (Phi) is 12.1. The second kappa shape index (κ2) is 14.0. The zero-order valence-electron chi connectivity index (χ0n) is 17.5. The molecule has 0 radical (unpaired) electrons. The number of Topliss-reactive ketones (excluding diaryl/α,β-unsaturated/α-hetero) is 2. The number of carbonyl (C=O) groups excluding carboxylic acids is 4. The zero-order valence-corrected chi connectivity index (χ0v) is 17.5. The Morgan fingerprint density at radius 3 is 2.55 bits per heavy atom. The first-order valence-corrected chi connectivity index (χ1v) is 9.96. The fourth-order valence-corrected chi connectivity index (χ4v) is 2.91. The third-order valence-electron chi connectivity index (χ3n) is 4.53. The van der Waals surface area contributed by atoms with Crippen molar-refractivity contribution in [3.8, 4) is 0 Å². The molecule has 1 heterocycles. The third-order valence-corrected chi connectivity index (χ3v) is 4.53. The second-order valence-electron chi connectivity index (χ2n) is 7.22. The van der Waals surface area contributed by atoms with Crippen LogP contribution in [0.1, 0.15) is 39.5 Å². The van der Waals surface area contributed by atoms with E-state index >= 15 is 0 Å². The molecule has 3 N–H and O–H groups in total. The largest absolute Gasteiger partial charge is 0.447 e. The predicted octanol–water partition coefficient (Wildman–Crippen LogP) is 0.349. The lowest BCUT2D eigenvalue weighted by molar-refractivity contribution is -0.141. The molecule has 0 aliphatic carbocycles. The Bertz CT molecular complexity index is 554. The van der Waals surface area contributed by atoms with E-state index in [0.29, 0.717) is 26.2 Å². The van der Waals surface area contributed by atoms with Crippen LogP contribution in [-0.4, -0.2) is 69.7 Å². The number of ether oxygens (including phenoxy) is 3. The predicted molar refractivity (Wildman–Crippen MR) is 104 cm³/mol. The topological polar surface area (TPSA) is 132 Å². The molecule has 1 aliphatic heterocycles. The van der Waals surface area contributed by atoms with Crippen molar-refractivity contribution in [3.63, 3.8) is 0 Å². The average Bonchev–Trinajstić information content (AvgIpc) is 2.75. The van der Waals surface area contributed by atoms with E-state index in [1.165, 1.54) is 0 Å². The maximum Gasteiger partial charge on any atom is 0.407 e. The van der Waals surface area contributed by atoms with Crippen molar-refractivity contribution in [1.82, 2.24) is 16.2 Å². The Hall–Kier alpha value is -2.04. The minimum absolute atomic E-state index is 0.0445. The summed E-state index contributed by atoms with van der Waals surface area (Å²) < 4.78 is 15.1. The van der Waals surface area contributed by atoms with Gasteiger partial charge in [-0.3, -0.25) is 19.8 Å². The molecule has 10 nitrogen and oxygen atoms in total. The number of nitrogens with one attached hydrogen (secondary N) is 3. The summed E-state index contributed by atoms with van der Waals surface area (Å²) in [4.78, 5) is 48.9. The van der Waals surface area contributed by atoms with Crippen LogP contribution in [0.3, 0.4) is 0 Å². The van der Waals surface area contributed by atoms with Gasteiger partial charge < -0.3 is 19.5 Å². The number of hydrazine groups is 1. The number of hydrogen-bond donors (Lipinski definition) is 3. The Morgan fingerprint density at radius 1 is 1.14 bits per heavy atom. The summed E-state index contributed by atoms with van der Waals surface area (Å²) in [5, 5.41) is 2.56. The number of carbonyl (C=O) groups is 4. The van der Waals surface area contributed by atoms with E-state index in [1.807, 2.05) is 0 Å². The molecule has 0 spiro atoms. The maximum absolute atomic E-state index is 12.8. The van der Waals surface area contributed by atoms with Gasteiger partial charge in [0.15, 0.2) is 5.78 Å². The number of hydrogen-bond acceptors (Lipinski definition) is 8. The molecule has 2 amide bonds. The van der Waals surface area contributed by atoms with Crippen molar-refractivity contribution in [2.24, 2.45) is 11.8 Å². The van der Waals surface area contributed by atoms with Gasteiger partial charge in [0.2, 0.25) is 5.78 Å². The van der Waals surface area contributed by atoms with Crippen molar-refractivity contribution in [2.45, 2.75) is 45.6 Å². The van der Waals surface area contributed by atoms with Gasteiger partial charge in [0.1, 0.15) is 6.61 Å². The molecule has 0 bridgehead atoms. The first-order chi connectivity index (χ1) is 13.9. The molecule has 2 unspecified atom stereocenters. The van der Waals surface area contributed by atoms with Crippen molar-refractivity contribution in [2.75, 3.05) is 40.1 Å². The van der Waals surface area contributed by atoms with Gasteiger partial charge in [0, 0.05) is 26.0 Å². The molecule has 0 aromatic carbocycles. The fourth-order valence-electron chi connectivity index (χ4n) is 2.91. The quantitative estimate of drug-likeness (QED) is 0.325. The van der Waals surface area contributed by atoms with E-state index in [9.17, 15) is 19.2 Å². The van der Waals surface area contributed by atoms with E-state index < -0.39 is 29.7 Å². The van der Waals surface area contributed by atoms with Crippen molar-refractivity contribution in [1.29, 1.82) is 0 Å². The van der Waals surface area contributed by atoms with Crippen LogP contribution in [0.5, 0.6) is 0 Å². The lowest BCUT2D eigenvalue weighted by atomic mass is 9.87. The summed E-state index contributed by atoms with van der Waals surface area (Å²) in [7, 11) is 1.56. The van der Waals surface area contributed by atoms with Crippen molar-refractivity contribution in [3.05, 3.63) is 0 Å². The average molecular weight is 415 g/mol. The molecule has 166 valence electrons. The van der Waals surface area contributed by atoms with Crippen molar-refractivity contribution < 1.29 is 33.4 Å². The number of amides is 2. The molecular formula is C19H33N3O7. The second-order valence-corrected chi connectivity index (χ2v) is 7.22. The normalized spacial score (nSPS) is 19.0. The lowest BCUT2D eigenvalue weighted by Gasteiger charge is -2.23. The van der Waals surface area contributed by atoms with Crippen LogP contribution in [-0.2, 0) is 28.6 Å². The molecule has 0 aromatic rings. The highest BCUT2D eigenvalue weighted by Gasteiger charge is 2.32. The number of alkyl carbamates (subject to hydrolysis) is 1. The van der Waals surface area contributed by atoms with Crippen LogP contribution >= 0.6 is 0 Å². The molecule has 1 aliphatic rings. The smallest absolute Gasteiger partial charge is 0.407 e. The van der Waals surface area contributed by atoms with Crippen LogP contribution < -0.4 is 16.2 Å². The van der Waals surface area contributed by atoms with Gasteiger partial charge in [-0.15, -0.1) is 0 Å². The standard InChI is InChI=1S/C19H33N3O7/c1-13(2)16(21-19(26)29-11-10-28-9-8-27-3)15(23)12-14-6-4-5-7-20-22-18(25)17(14)24/h13-14,16,20H,4-12H2,1-3H3,(H,21,26)(H,22,25). The molecule has 0 aromatic heterocycles. The van der Waals surface area contributed by atoms with Gasteiger partial charge in [0.25, 0.3) is 0 Å². The molecule has 10 heteroatoms. The fraction of sp³-hybridized carbons (Fsp3) is 0.789. The molecule has 1 fully saturated rings. The van der Waals surface area contributed by atoms with Gasteiger partial charge >= 0.3 is 12.0 Å². The SMILES string of the molecule is COCCOCCOC(=O)NC(C(=O)CC1CCCCNNC(=O)C1=O)C(C)C. The van der Waals surface area contributed by atoms with Crippen LogP contribution in [0.2, 0.25) is 0 Å². The summed E-state index contributed by atoms with van der Waals surface area (Å²) >= 11 is 0. The van der Waals surface area contributed by atoms with Crippen LogP contribution in [0.15, 0.2) is 0 Å². The molecule has 29 heavy (non-hydrogen) atoms. The van der Waals surface area contributed by atoms with E-state index in [0.717, 1.165) is 12.8 Å². The highest BCUT2D eigenvalue weighted by Crippen LogP contribution is 2.18. The summed E-state index contributed by atoms with van der Waals surface area (Å²) in [5.41, 5.74) is 5.03. The van der Waals surface area contributed by atoms with Crippen LogP contribution in [0.25, 0.3) is 0 Å². The van der Waals surface area contributed by atoms with Crippen LogP contribution in [0.4, 0.5) is 4.79 Å². The summed E-state index contributed by atoms with van der Waals surface area (Å²) in [5.74, 6) is -2.56. The summed E-state index contributed by atoms with van der Waals surface area (Å²) in [6.45, 7) is 5.25. The summed E-state index contributed by atoms with van der Waals surface area (Å²) in [6, 6.07) is -0.807. The van der Waals surface area contributed by atoms with E-state index in [4.69, 9.17) is 14.2 Å². The van der Waals surface area contributed by atoms with Gasteiger partial charge in [-0.25, -0.2) is 10.2 Å². The van der Waals surface area contributed by atoms with E-state index in [2.05, 4.69) is 16.2 Å². The Morgan fingerprint density at radius 2 is 1.86 bits per heavy atom. The third kappa shape index (κ3) is 9.82. The molecule has 0 saturated carbocycles. The zero-order chi connectivity index (χ0) is 21.6. The maximum atomic E-state index is 12.8. The Labute approximate surface area is 171 Å². The number of ketones is 2. The van der Waals surface area contributed by atoms with Crippen molar-refractivity contribution >= 4 is 23.6 Å². The van der Waals surface area contributed by atoms with Gasteiger partial charge in [-0.2, -0.15) is 0 Å². The number of methoxy groups -OCH3 is 1. The van der Waals surface area contributed by atoms with Gasteiger partial charge in [-0.05, 0) is 18.8 Å². The monoisotopic (exact) mass is 415 g/mol. The number of rotatable bonds is 11. The minimum atomic E-state index is -0.807.